The maximum absolute atomic E-state index is 15.6. The van der Waals surface area contributed by atoms with Gasteiger partial charge in [0.15, 0.2) is 5.13 Å². The largest absolute Gasteiger partial charge is 0.366 e. The molecule has 0 spiro atoms. The fourth-order valence-corrected chi connectivity index (χ4v) is 9.82. The summed E-state index contributed by atoms with van der Waals surface area (Å²) in [5.41, 5.74) is 1.74. The number of nitrogens with one attached hydrogen (secondary N) is 3. The third-order valence-electron chi connectivity index (χ3n) is 11.8. The second-order valence-corrected chi connectivity index (χ2v) is 17.0. The number of para-hydroxylation sites is 1. The Labute approximate surface area is 342 Å². The van der Waals surface area contributed by atoms with Crippen LogP contribution in [0.5, 0.6) is 0 Å². The predicted molar refractivity (Wildman–Crippen MR) is 215 cm³/mol. The molecule has 10 rings (SSSR count). The van der Waals surface area contributed by atoms with Gasteiger partial charge < -0.3 is 20.4 Å². The molecule has 2 aromatic heterocycles. The van der Waals surface area contributed by atoms with E-state index in [2.05, 4.69) is 35.7 Å². The van der Waals surface area contributed by atoms with Crippen LogP contribution in [-0.4, -0.2) is 105 Å². The van der Waals surface area contributed by atoms with Gasteiger partial charge in [-0.05, 0) is 69.2 Å². The molecule has 18 heteroatoms. The summed E-state index contributed by atoms with van der Waals surface area (Å²) in [4.78, 5) is 85.4. The highest BCUT2D eigenvalue weighted by Gasteiger charge is 2.48. The molecule has 15 nitrogen and oxygen atoms in total. The summed E-state index contributed by atoms with van der Waals surface area (Å²) < 4.78 is 15.6. The first-order valence-electron chi connectivity index (χ1n) is 19.4. The second kappa shape index (κ2) is 15.0. The Morgan fingerprint density at radius 2 is 1.72 bits per heavy atom. The number of aromatic nitrogens is 3. The number of benzene rings is 2. The number of fused-ring (bicyclic) bond motifs is 3. The third kappa shape index (κ3) is 7.04. The first-order chi connectivity index (χ1) is 27.9. The molecular weight excluding hydrogens is 787 g/mol. The Morgan fingerprint density at radius 1 is 0.983 bits per heavy atom. The molecule has 4 aromatic rings. The lowest BCUT2D eigenvalue weighted by Crippen LogP contribution is -2.69. The van der Waals surface area contributed by atoms with Crippen LogP contribution in [0.2, 0.25) is 5.02 Å². The number of piperidine rings is 3. The van der Waals surface area contributed by atoms with Crippen LogP contribution in [-0.2, 0) is 9.59 Å². The van der Waals surface area contributed by atoms with Gasteiger partial charge >= 0.3 is 0 Å². The molecule has 3 N–H and O–H groups in total. The molecule has 3 atom stereocenters. The number of imide groups is 2. The molecule has 6 aliphatic heterocycles. The molecule has 0 saturated carbocycles. The normalized spacial score (nSPS) is 22.2. The van der Waals surface area contributed by atoms with E-state index >= 15 is 4.39 Å². The monoisotopic (exact) mass is 826 g/mol. The molecule has 5 saturated heterocycles. The minimum absolute atomic E-state index is 0.0165. The van der Waals surface area contributed by atoms with Crippen molar-refractivity contribution in [1.82, 2.24) is 30.1 Å². The lowest BCUT2D eigenvalue weighted by molar-refractivity contribution is -0.136. The van der Waals surface area contributed by atoms with Crippen LogP contribution in [0.15, 0.2) is 42.6 Å². The highest BCUT2D eigenvalue weighted by atomic mass is 35.5. The van der Waals surface area contributed by atoms with Crippen molar-refractivity contribution in [2.45, 2.75) is 64.1 Å². The van der Waals surface area contributed by atoms with Crippen LogP contribution in [0.4, 0.5) is 32.5 Å². The van der Waals surface area contributed by atoms with Gasteiger partial charge in [0.05, 0.1) is 33.7 Å². The third-order valence-corrected chi connectivity index (χ3v) is 13.1. The number of hydrogen-bond donors (Lipinski definition) is 3. The van der Waals surface area contributed by atoms with E-state index in [0.717, 1.165) is 61.2 Å². The molecular formula is C40H40ClFN10O5S. The Balaban J connectivity index is 0.785. The molecule has 0 aliphatic carbocycles. The zero-order valence-corrected chi connectivity index (χ0v) is 33.3. The van der Waals surface area contributed by atoms with Crippen LogP contribution >= 0.6 is 22.9 Å². The highest BCUT2D eigenvalue weighted by Crippen LogP contribution is 2.40. The van der Waals surface area contributed by atoms with Gasteiger partial charge in [-0.15, -0.1) is 0 Å². The van der Waals surface area contributed by atoms with E-state index in [4.69, 9.17) is 16.6 Å². The van der Waals surface area contributed by atoms with E-state index in [1.165, 1.54) is 23.6 Å². The molecule has 3 unspecified atom stereocenters. The number of nitrogens with zero attached hydrogens (tertiary/aromatic N) is 7. The standard InChI is InChI=1S/C40H40ClFN10O5S/c1-20-4-3-5-27(41)35(20)48-37(55)31-16-43-40(58-31)46-32-15-33(45-21(2)44-32)49-10-8-22(9-11-49)17-51-23-12-24(51)19-50(18-23)30-14-26-25(13-28(30)42)38(56)52(39(26)57)29-6-7-34(53)47-36(29)54/h3-5,13-16,22-24,29H,6-12,17-19H2,1-2H3,(H,48,55)(H,47,53,54)(H,43,44,45,46). The number of halogens is 2. The summed E-state index contributed by atoms with van der Waals surface area (Å²) in [6.45, 7) is 7.56. The summed E-state index contributed by atoms with van der Waals surface area (Å²) in [6.07, 6.45) is 4.57. The summed E-state index contributed by atoms with van der Waals surface area (Å²) in [5, 5.41) is 9.31. The van der Waals surface area contributed by atoms with E-state index in [1.54, 1.807) is 6.07 Å². The van der Waals surface area contributed by atoms with Crippen LogP contribution in [0.1, 0.15) is 73.9 Å². The van der Waals surface area contributed by atoms with Crippen molar-refractivity contribution in [1.29, 1.82) is 0 Å². The highest BCUT2D eigenvalue weighted by molar-refractivity contribution is 7.17. The number of hydrogen-bond acceptors (Lipinski definition) is 13. The zero-order chi connectivity index (χ0) is 40.4. The SMILES string of the molecule is Cc1nc(Nc2ncc(C(=O)Nc3c(C)cccc3Cl)s2)cc(N2CCC(CN3C4CC3CN(c3cc5c(cc3F)C(=O)N(C3CCC(=O)NC3=O)C5=O)C4)CC2)n1. The summed E-state index contributed by atoms with van der Waals surface area (Å²) in [5.74, 6) is -0.864. The van der Waals surface area contributed by atoms with E-state index < -0.39 is 35.5 Å². The van der Waals surface area contributed by atoms with Crippen molar-refractivity contribution < 1.29 is 28.4 Å². The summed E-state index contributed by atoms with van der Waals surface area (Å²) in [7, 11) is 0. The first kappa shape index (κ1) is 38.0. The van der Waals surface area contributed by atoms with E-state index in [0.29, 0.717) is 51.4 Å². The Kier molecular flexibility index (Phi) is 9.84. The zero-order valence-electron chi connectivity index (χ0n) is 31.8. The number of carbonyl (C=O) groups excluding carboxylic acids is 5. The number of aryl methyl sites for hydroxylation is 2. The number of anilines is 5. The molecule has 5 amide bonds. The average Bonchev–Trinajstić information content (AvgIpc) is 3.76. The van der Waals surface area contributed by atoms with E-state index in [-0.39, 0.29) is 47.6 Å². The number of amides is 5. The van der Waals surface area contributed by atoms with Gasteiger partial charge in [0, 0.05) is 57.3 Å². The average molecular weight is 827 g/mol. The van der Waals surface area contributed by atoms with Gasteiger partial charge in [0.1, 0.15) is 34.2 Å². The fourth-order valence-electron chi connectivity index (χ4n) is 8.84. The minimum atomic E-state index is -1.10. The maximum atomic E-state index is 15.6. The molecule has 2 bridgehead atoms. The van der Waals surface area contributed by atoms with Gasteiger partial charge in [-0.1, -0.05) is 35.1 Å². The molecule has 0 radical (unpaired) electrons. The van der Waals surface area contributed by atoms with E-state index in [1.807, 2.05) is 36.9 Å². The number of carbonyl (C=O) groups is 5. The minimum Gasteiger partial charge on any atom is -0.366 e. The van der Waals surface area contributed by atoms with Gasteiger partial charge in [-0.25, -0.2) is 19.3 Å². The van der Waals surface area contributed by atoms with E-state index in [9.17, 15) is 24.0 Å². The topological polar surface area (TPSA) is 173 Å². The Bertz CT molecular complexity index is 2350. The Morgan fingerprint density at radius 3 is 2.45 bits per heavy atom. The predicted octanol–water partition coefficient (Wildman–Crippen LogP) is 4.92. The molecule has 8 heterocycles. The molecule has 6 aliphatic rings. The number of rotatable bonds is 9. The maximum Gasteiger partial charge on any atom is 0.267 e. The van der Waals surface area contributed by atoms with Crippen LogP contribution in [0, 0.1) is 25.6 Å². The molecule has 5 fully saturated rings. The van der Waals surface area contributed by atoms with Crippen molar-refractivity contribution in [3.05, 3.63) is 80.8 Å². The second-order valence-electron chi connectivity index (χ2n) is 15.6. The quantitative estimate of drug-likeness (QED) is 0.195. The van der Waals surface area contributed by atoms with Gasteiger partial charge in [0.2, 0.25) is 11.8 Å². The lowest BCUT2D eigenvalue weighted by Gasteiger charge is -2.58. The summed E-state index contributed by atoms with van der Waals surface area (Å²) >= 11 is 7.52. The molecule has 300 valence electrons. The van der Waals surface area contributed by atoms with Crippen LogP contribution in [0.3, 0.4) is 0 Å². The first-order valence-corrected chi connectivity index (χ1v) is 20.6. The van der Waals surface area contributed by atoms with Crippen LogP contribution in [0.25, 0.3) is 0 Å². The van der Waals surface area contributed by atoms with Crippen LogP contribution < -0.4 is 25.8 Å². The Hall–Kier alpha value is -5.52. The van der Waals surface area contributed by atoms with Crippen molar-refractivity contribution in [3.63, 3.8) is 0 Å². The fraction of sp³-hybridized carbons (Fsp3) is 0.400. The number of piperazine rings is 1. The smallest absolute Gasteiger partial charge is 0.267 e. The summed E-state index contributed by atoms with van der Waals surface area (Å²) in [6, 6.07) is 9.31. The molecule has 2 aromatic carbocycles. The van der Waals surface area contributed by atoms with Crippen molar-refractivity contribution in [2.24, 2.45) is 5.92 Å². The van der Waals surface area contributed by atoms with Gasteiger partial charge in [-0.2, -0.15) is 0 Å². The molecule has 58 heavy (non-hydrogen) atoms. The van der Waals surface area contributed by atoms with Gasteiger partial charge in [0.25, 0.3) is 17.7 Å². The van der Waals surface area contributed by atoms with Gasteiger partial charge in [-0.3, -0.25) is 39.1 Å². The lowest BCUT2D eigenvalue weighted by atomic mass is 9.84. The van der Waals surface area contributed by atoms with Crippen molar-refractivity contribution >= 4 is 80.6 Å². The van der Waals surface area contributed by atoms with Crippen molar-refractivity contribution in [3.8, 4) is 0 Å². The number of thiazole rings is 1. The van der Waals surface area contributed by atoms with Crippen molar-refractivity contribution in [2.75, 3.05) is 53.2 Å².